The Labute approximate surface area is 135 Å². The zero-order valence-corrected chi connectivity index (χ0v) is 13.5. The van der Waals surface area contributed by atoms with Crippen molar-refractivity contribution in [3.63, 3.8) is 0 Å². The molecule has 0 fully saturated rings. The van der Waals surface area contributed by atoms with Gasteiger partial charge in [0.05, 0.1) is 11.2 Å². The average Bonchev–Trinajstić information content (AvgIpc) is 2.97. The minimum atomic E-state index is 0.906. The van der Waals surface area contributed by atoms with E-state index in [1.165, 1.54) is 0 Å². The van der Waals surface area contributed by atoms with Crippen LogP contribution in [0.4, 0.5) is 11.4 Å². The fourth-order valence-electron chi connectivity index (χ4n) is 2.67. The molecule has 0 saturated heterocycles. The lowest BCUT2D eigenvalue weighted by molar-refractivity contribution is 1.26. The first-order valence-corrected chi connectivity index (χ1v) is 7.75. The number of hydrogen-bond donors (Lipinski definition) is 2. The van der Waals surface area contributed by atoms with Crippen molar-refractivity contribution >= 4 is 49.2 Å². The first-order valence-electron chi connectivity index (χ1n) is 6.96. The third-order valence-corrected chi connectivity index (χ3v) is 4.15. The number of rotatable bonds is 2. The summed E-state index contributed by atoms with van der Waals surface area (Å²) >= 11 is 3.46. The maximum Gasteiger partial charge on any atom is 0.116 e. The van der Waals surface area contributed by atoms with Crippen molar-refractivity contribution in [1.29, 1.82) is 0 Å². The second-order valence-corrected chi connectivity index (χ2v) is 6.14. The molecule has 4 nitrogen and oxygen atoms in total. The molecule has 0 atom stereocenters. The fraction of sp³-hybridized carbons (Fsp3) is 0.0588. The van der Waals surface area contributed by atoms with Gasteiger partial charge in [0.1, 0.15) is 11.8 Å². The van der Waals surface area contributed by atoms with Crippen molar-refractivity contribution < 1.29 is 0 Å². The molecular weight excluding hydrogens is 340 g/mol. The number of fused-ring (bicyclic) bond motifs is 3. The summed E-state index contributed by atoms with van der Waals surface area (Å²) in [5, 5.41) is 4.55. The molecule has 0 saturated carbocycles. The largest absolute Gasteiger partial charge is 0.358 e. The van der Waals surface area contributed by atoms with E-state index in [9.17, 15) is 0 Å². The third-order valence-electron chi connectivity index (χ3n) is 3.63. The van der Waals surface area contributed by atoms with Crippen LogP contribution in [0.15, 0.2) is 53.3 Å². The van der Waals surface area contributed by atoms with Gasteiger partial charge in [-0.3, -0.25) is 0 Å². The van der Waals surface area contributed by atoms with Gasteiger partial charge in [0.2, 0.25) is 0 Å². The molecule has 0 aliphatic carbocycles. The van der Waals surface area contributed by atoms with E-state index in [0.717, 1.165) is 43.5 Å². The molecule has 0 aliphatic rings. The number of halogens is 1. The van der Waals surface area contributed by atoms with Crippen molar-refractivity contribution in [2.45, 2.75) is 6.92 Å². The summed E-state index contributed by atoms with van der Waals surface area (Å²) < 4.78 is 1.06. The van der Waals surface area contributed by atoms with Gasteiger partial charge in [-0.2, -0.15) is 0 Å². The number of nitrogens with one attached hydrogen (secondary N) is 2. The smallest absolute Gasteiger partial charge is 0.116 e. The molecule has 0 radical (unpaired) electrons. The first kappa shape index (κ1) is 13.3. The monoisotopic (exact) mass is 352 g/mol. The van der Waals surface area contributed by atoms with E-state index in [-0.39, 0.29) is 0 Å². The van der Waals surface area contributed by atoms with E-state index >= 15 is 0 Å². The van der Waals surface area contributed by atoms with Crippen LogP contribution < -0.4 is 5.32 Å². The van der Waals surface area contributed by atoms with Gasteiger partial charge in [-0.15, -0.1) is 0 Å². The third kappa shape index (κ3) is 2.23. The maximum absolute atomic E-state index is 4.41. The summed E-state index contributed by atoms with van der Waals surface area (Å²) in [6.45, 7) is 2.05. The highest BCUT2D eigenvalue weighted by atomic mass is 79.9. The molecule has 0 spiro atoms. The molecule has 2 aromatic heterocycles. The van der Waals surface area contributed by atoms with E-state index in [1.54, 1.807) is 6.33 Å². The number of anilines is 2. The predicted octanol–water partition coefficient (Wildman–Crippen LogP) is 4.93. The summed E-state index contributed by atoms with van der Waals surface area (Å²) in [5.41, 5.74) is 6.02. The summed E-state index contributed by atoms with van der Waals surface area (Å²) in [7, 11) is 0. The number of aromatic amines is 1. The van der Waals surface area contributed by atoms with E-state index < -0.39 is 0 Å². The highest BCUT2D eigenvalue weighted by Gasteiger charge is 2.10. The van der Waals surface area contributed by atoms with Crippen LogP contribution in [0.2, 0.25) is 0 Å². The number of hydrogen-bond acceptors (Lipinski definition) is 3. The second kappa shape index (κ2) is 5.10. The van der Waals surface area contributed by atoms with Gasteiger partial charge < -0.3 is 10.3 Å². The maximum atomic E-state index is 4.41. The average molecular weight is 353 g/mol. The van der Waals surface area contributed by atoms with Crippen LogP contribution in [0, 0.1) is 6.92 Å². The van der Waals surface area contributed by atoms with Crippen molar-refractivity contribution in [3.05, 3.63) is 59.0 Å². The van der Waals surface area contributed by atoms with Crippen LogP contribution in [0.25, 0.3) is 21.9 Å². The lowest BCUT2D eigenvalue weighted by atomic mass is 10.1. The van der Waals surface area contributed by atoms with E-state index in [4.69, 9.17) is 0 Å². The lowest BCUT2D eigenvalue weighted by Gasteiger charge is -2.12. The molecule has 0 unspecified atom stereocenters. The molecule has 0 aliphatic heterocycles. The number of aryl methyl sites for hydroxylation is 1. The summed E-state index contributed by atoms with van der Waals surface area (Å²) in [6.07, 6.45) is 1.60. The van der Waals surface area contributed by atoms with Crippen molar-refractivity contribution in [2.75, 3.05) is 5.32 Å². The zero-order valence-electron chi connectivity index (χ0n) is 11.9. The molecule has 108 valence electrons. The van der Waals surface area contributed by atoms with Crippen LogP contribution >= 0.6 is 15.9 Å². The van der Waals surface area contributed by atoms with Crippen LogP contribution in [-0.2, 0) is 0 Å². The van der Waals surface area contributed by atoms with Crippen LogP contribution in [-0.4, -0.2) is 15.0 Å². The fourth-order valence-corrected chi connectivity index (χ4v) is 2.93. The molecule has 2 aromatic carbocycles. The molecule has 22 heavy (non-hydrogen) atoms. The molecular formula is C17H13BrN4. The van der Waals surface area contributed by atoms with E-state index in [0.29, 0.717) is 0 Å². The highest BCUT2D eigenvalue weighted by molar-refractivity contribution is 9.10. The molecule has 0 bridgehead atoms. The Balaban J connectivity index is 1.94. The number of nitrogens with zero attached hydrogens (tertiary/aromatic N) is 2. The minimum Gasteiger partial charge on any atom is -0.358 e. The van der Waals surface area contributed by atoms with Crippen molar-refractivity contribution in [2.24, 2.45) is 0 Å². The van der Waals surface area contributed by atoms with Crippen molar-refractivity contribution in [3.8, 4) is 0 Å². The Bertz CT molecular complexity index is 973. The number of aromatic nitrogens is 3. The van der Waals surface area contributed by atoms with Gasteiger partial charge in [0.15, 0.2) is 0 Å². The van der Waals surface area contributed by atoms with Crippen LogP contribution in [0.3, 0.4) is 0 Å². The van der Waals surface area contributed by atoms with Gasteiger partial charge >= 0.3 is 0 Å². The topological polar surface area (TPSA) is 53.6 Å². The quantitative estimate of drug-likeness (QED) is 0.538. The van der Waals surface area contributed by atoms with Crippen LogP contribution in [0.5, 0.6) is 0 Å². The van der Waals surface area contributed by atoms with E-state index in [2.05, 4.69) is 42.3 Å². The first-order chi connectivity index (χ1) is 10.7. The normalized spacial score (nSPS) is 11.2. The van der Waals surface area contributed by atoms with E-state index in [1.807, 2.05) is 43.3 Å². The minimum absolute atomic E-state index is 0.906. The lowest BCUT2D eigenvalue weighted by Crippen LogP contribution is -1.95. The number of H-pyrrole nitrogens is 1. The molecule has 0 amide bonds. The Morgan fingerprint density at radius 2 is 1.86 bits per heavy atom. The Hall–Kier alpha value is -2.40. The van der Waals surface area contributed by atoms with Crippen molar-refractivity contribution in [1.82, 2.24) is 15.0 Å². The number of benzene rings is 2. The number of pyridine rings is 1. The summed E-state index contributed by atoms with van der Waals surface area (Å²) in [5.74, 6) is 0. The number of imidazole rings is 1. The highest BCUT2D eigenvalue weighted by Crippen LogP contribution is 2.31. The SMILES string of the molecule is Cc1cc(Nc2ccc(Br)cc2)c2c(ccc3ncnc32)[nH]1. The van der Waals surface area contributed by atoms with Gasteiger partial charge in [0.25, 0.3) is 0 Å². The summed E-state index contributed by atoms with van der Waals surface area (Å²) in [6, 6.07) is 14.3. The van der Waals surface area contributed by atoms with Gasteiger partial charge in [0, 0.05) is 26.8 Å². The Morgan fingerprint density at radius 3 is 2.68 bits per heavy atom. The molecule has 4 rings (SSSR count). The van der Waals surface area contributed by atoms with Gasteiger partial charge in [-0.25, -0.2) is 9.97 Å². The standard InChI is InChI=1S/C17H13BrN4/c1-10-8-15(22-12-4-2-11(18)3-5-12)16-13(21-10)6-7-14-17(16)20-9-19-14/h2-9,21-22H,1H3. The molecule has 2 heterocycles. The summed E-state index contributed by atoms with van der Waals surface area (Å²) in [4.78, 5) is 12.1. The van der Waals surface area contributed by atoms with Gasteiger partial charge in [-0.1, -0.05) is 15.9 Å². The molecule has 4 aromatic rings. The Kier molecular flexibility index (Phi) is 3.08. The zero-order chi connectivity index (χ0) is 15.1. The van der Waals surface area contributed by atoms with Gasteiger partial charge in [-0.05, 0) is 49.4 Å². The van der Waals surface area contributed by atoms with Crippen LogP contribution in [0.1, 0.15) is 5.69 Å². The Morgan fingerprint density at radius 1 is 1.05 bits per heavy atom. The second-order valence-electron chi connectivity index (χ2n) is 5.23. The molecule has 2 N–H and O–H groups in total. The predicted molar refractivity (Wildman–Crippen MR) is 93.6 cm³/mol. The molecule has 5 heteroatoms.